The summed E-state index contributed by atoms with van der Waals surface area (Å²) in [6.07, 6.45) is 5.59. The highest BCUT2D eigenvalue weighted by Crippen LogP contribution is 2.61. The smallest absolute Gasteiger partial charge is 0.221 e. The van der Waals surface area contributed by atoms with E-state index in [4.69, 9.17) is 14.5 Å². The van der Waals surface area contributed by atoms with Crippen LogP contribution in [0.4, 0.5) is 0 Å². The van der Waals surface area contributed by atoms with Gasteiger partial charge in [-0.2, -0.15) is 4.89 Å². The minimum atomic E-state index is -0.704. The van der Waals surface area contributed by atoms with E-state index in [1.807, 2.05) is 6.92 Å². The van der Waals surface area contributed by atoms with Gasteiger partial charge in [0.05, 0.1) is 0 Å². The molecule has 3 aliphatic heterocycles. The lowest BCUT2D eigenvalue weighted by atomic mass is 9.56. The Kier molecular flexibility index (Phi) is 2.03. The molecule has 3 heteroatoms. The minimum Gasteiger partial charge on any atom is -0.334 e. The van der Waals surface area contributed by atoms with E-state index in [1.165, 1.54) is 6.42 Å². The molecule has 96 valence electrons. The highest BCUT2D eigenvalue weighted by Gasteiger charge is 2.69. The largest absolute Gasteiger partial charge is 0.334 e. The van der Waals surface area contributed by atoms with Gasteiger partial charge in [-0.25, -0.2) is 4.89 Å². The quantitative estimate of drug-likeness (QED) is 0.478. The number of hydrogen-bond donors (Lipinski definition) is 0. The van der Waals surface area contributed by atoms with Gasteiger partial charge in [0.25, 0.3) is 0 Å². The summed E-state index contributed by atoms with van der Waals surface area (Å²) in [5.74, 6) is -0.704. The average molecular weight is 238 g/mol. The fraction of sp³-hybridized carbons (Fsp3) is 0.857. The van der Waals surface area contributed by atoms with Gasteiger partial charge in [-0.15, -0.1) is 0 Å². The van der Waals surface area contributed by atoms with Crippen molar-refractivity contribution in [2.24, 2.45) is 5.41 Å². The second kappa shape index (κ2) is 2.95. The monoisotopic (exact) mass is 238 g/mol. The van der Waals surface area contributed by atoms with Crippen LogP contribution in [0.25, 0.3) is 0 Å². The van der Waals surface area contributed by atoms with E-state index in [0.29, 0.717) is 0 Å². The summed E-state index contributed by atoms with van der Waals surface area (Å²) in [5, 5.41) is 0. The van der Waals surface area contributed by atoms with Crippen LogP contribution >= 0.6 is 0 Å². The van der Waals surface area contributed by atoms with Crippen LogP contribution in [-0.2, 0) is 14.5 Å². The SMILES string of the molecule is CC1=CC23OOC1(C)OC2(C)CCCC3(C)C. The van der Waals surface area contributed by atoms with Crippen molar-refractivity contribution in [3.8, 4) is 0 Å². The van der Waals surface area contributed by atoms with Gasteiger partial charge >= 0.3 is 0 Å². The topological polar surface area (TPSA) is 27.7 Å². The fourth-order valence-electron chi connectivity index (χ4n) is 3.83. The molecule has 0 aromatic rings. The van der Waals surface area contributed by atoms with E-state index in [1.54, 1.807) is 0 Å². The number of fused-ring (bicyclic) bond motifs is 1. The van der Waals surface area contributed by atoms with Crippen LogP contribution in [0.15, 0.2) is 11.6 Å². The Morgan fingerprint density at radius 1 is 1.06 bits per heavy atom. The van der Waals surface area contributed by atoms with Gasteiger partial charge in [-0.05, 0) is 51.7 Å². The molecule has 4 rings (SSSR count). The Hall–Kier alpha value is -0.380. The number of rotatable bonds is 0. The Morgan fingerprint density at radius 2 is 1.76 bits per heavy atom. The third kappa shape index (κ3) is 1.18. The molecule has 0 aromatic carbocycles. The molecule has 3 nitrogen and oxygen atoms in total. The molecule has 2 bridgehead atoms. The Morgan fingerprint density at radius 3 is 2.41 bits per heavy atom. The molecular formula is C14H22O3. The molecular weight excluding hydrogens is 216 g/mol. The first-order valence-electron chi connectivity index (χ1n) is 6.52. The van der Waals surface area contributed by atoms with E-state index >= 15 is 0 Å². The summed E-state index contributed by atoms with van der Waals surface area (Å²) in [5.41, 5.74) is 0.431. The van der Waals surface area contributed by atoms with Crippen LogP contribution in [-0.4, -0.2) is 17.0 Å². The normalized spacial score (nSPS) is 51.9. The molecule has 1 spiro atoms. The van der Waals surface area contributed by atoms with Crippen molar-refractivity contribution in [1.82, 2.24) is 0 Å². The second-order valence-corrected chi connectivity index (χ2v) is 6.75. The molecule has 0 radical (unpaired) electrons. The van der Waals surface area contributed by atoms with Gasteiger partial charge in [-0.3, -0.25) is 0 Å². The van der Waals surface area contributed by atoms with Gasteiger partial charge < -0.3 is 4.74 Å². The molecule has 2 fully saturated rings. The predicted octanol–water partition coefficient (Wildman–Crippen LogP) is 3.35. The molecule has 3 unspecified atom stereocenters. The summed E-state index contributed by atoms with van der Waals surface area (Å²) < 4.78 is 6.29. The van der Waals surface area contributed by atoms with Crippen molar-refractivity contribution >= 4 is 0 Å². The van der Waals surface area contributed by atoms with Crippen molar-refractivity contribution in [2.45, 2.75) is 70.9 Å². The van der Waals surface area contributed by atoms with Gasteiger partial charge in [0.2, 0.25) is 5.79 Å². The zero-order chi connectivity index (χ0) is 12.5. The van der Waals surface area contributed by atoms with Crippen LogP contribution in [0.3, 0.4) is 0 Å². The zero-order valence-corrected chi connectivity index (χ0v) is 11.4. The van der Waals surface area contributed by atoms with Crippen LogP contribution in [0.5, 0.6) is 0 Å². The highest BCUT2D eigenvalue weighted by molar-refractivity contribution is 5.32. The molecule has 3 heterocycles. The molecule has 17 heavy (non-hydrogen) atoms. The van der Waals surface area contributed by atoms with Crippen LogP contribution < -0.4 is 0 Å². The maximum Gasteiger partial charge on any atom is 0.221 e. The minimum absolute atomic E-state index is 0.0308. The van der Waals surface area contributed by atoms with Crippen LogP contribution in [0.1, 0.15) is 53.9 Å². The summed E-state index contributed by atoms with van der Waals surface area (Å²) in [4.78, 5) is 11.4. The summed E-state index contributed by atoms with van der Waals surface area (Å²) in [6.45, 7) is 10.7. The van der Waals surface area contributed by atoms with Gasteiger partial charge in [-0.1, -0.05) is 13.8 Å². The van der Waals surface area contributed by atoms with Crippen molar-refractivity contribution in [1.29, 1.82) is 0 Å². The van der Waals surface area contributed by atoms with E-state index < -0.39 is 11.4 Å². The third-order valence-electron chi connectivity index (χ3n) is 5.13. The Labute approximate surface area is 103 Å². The summed E-state index contributed by atoms with van der Waals surface area (Å²) in [6, 6.07) is 0. The molecule has 3 atom stereocenters. The van der Waals surface area contributed by atoms with Crippen molar-refractivity contribution in [2.75, 3.05) is 0 Å². The van der Waals surface area contributed by atoms with Crippen molar-refractivity contribution < 1.29 is 14.5 Å². The summed E-state index contributed by atoms with van der Waals surface area (Å²) >= 11 is 0. The van der Waals surface area contributed by atoms with Gasteiger partial charge in [0.1, 0.15) is 5.60 Å². The lowest BCUT2D eigenvalue weighted by Gasteiger charge is -2.65. The lowest BCUT2D eigenvalue weighted by molar-refractivity contribution is -0.551. The Bertz CT molecular complexity index is 400. The fourth-order valence-corrected chi connectivity index (χ4v) is 3.83. The van der Waals surface area contributed by atoms with Crippen molar-refractivity contribution in [3.63, 3.8) is 0 Å². The summed E-state index contributed by atoms with van der Waals surface area (Å²) in [7, 11) is 0. The molecule has 1 aliphatic carbocycles. The third-order valence-corrected chi connectivity index (χ3v) is 5.13. The van der Waals surface area contributed by atoms with E-state index in [9.17, 15) is 0 Å². The molecule has 0 N–H and O–H groups in total. The molecule has 0 amide bonds. The standard InChI is InChI=1S/C14H22O3/c1-10-9-14-11(2,3)7-6-8-12(14,4)15-13(10,5)16-17-14/h9H,6-8H2,1-5H3. The highest BCUT2D eigenvalue weighted by atomic mass is 17.3. The van der Waals surface area contributed by atoms with Crippen molar-refractivity contribution in [3.05, 3.63) is 11.6 Å². The zero-order valence-electron chi connectivity index (χ0n) is 11.4. The molecule has 1 saturated heterocycles. The van der Waals surface area contributed by atoms with Gasteiger partial charge in [0, 0.05) is 5.41 Å². The molecule has 1 saturated carbocycles. The molecule has 4 aliphatic rings. The first kappa shape index (κ1) is 11.7. The Balaban J connectivity index is 2.20. The van der Waals surface area contributed by atoms with E-state index in [0.717, 1.165) is 18.4 Å². The maximum atomic E-state index is 6.29. The molecule has 0 aromatic heterocycles. The lowest BCUT2D eigenvalue weighted by Crippen LogP contribution is -2.73. The second-order valence-electron chi connectivity index (χ2n) is 6.75. The number of ether oxygens (including phenoxy) is 1. The first-order chi connectivity index (χ1) is 7.75. The first-order valence-corrected chi connectivity index (χ1v) is 6.52. The van der Waals surface area contributed by atoms with E-state index in [-0.39, 0.29) is 11.0 Å². The van der Waals surface area contributed by atoms with Gasteiger partial charge in [0.15, 0.2) is 5.60 Å². The number of hydrogen-bond acceptors (Lipinski definition) is 3. The average Bonchev–Trinajstić information content (AvgIpc) is 2.18. The van der Waals surface area contributed by atoms with Crippen LogP contribution in [0, 0.1) is 5.41 Å². The maximum absolute atomic E-state index is 6.29. The van der Waals surface area contributed by atoms with Crippen LogP contribution in [0.2, 0.25) is 0 Å². The predicted molar refractivity (Wildman–Crippen MR) is 64.2 cm³/mol. The van der Waals surface area contributed by atoms with E-state index in [2.05, 4.69) is 33.8 Å².